The Morgan fingerprint density at radius 3 is 2.59 bits per heavy atom. The largest absolute Gasteiger partial charge is 0.250 e. The maximum Gasteiger partial charge on any atom is 0.250 e. The topological polar surface area (TPSA) is 46.2 Å². The number of thiophene rings is 1. The van der Waals surface area contributed by atoms with Gasteiger partial charge >= 0.3 is 0 Å². The molecular weight excluding hydrogens is 322 g/mol. The van der Waals surface area contributed by atoms with E-state index in [0.29, 0.717) is 10.8 Å². The first-order valence-electron chi connectivity index (χ1n) is 5.58. The van der Waals surface area contributed by atoms with Crippen LogP contribution in [-0.4, -0.2) is 15.0 Å². The molecule has 96 valence electrons. The molecule has 0 unspecified atom stereocenters. The van der Waals surface area contributed by atoms with E-state index in [-0.39, 0.29) is 5.41 Å². The van der Waals surface area contributed by atoms with Gasteiger partial charge < -0.3 is 0 Å². The summed E-state index contributed by atoms with van der Waals surface area (Å²) in [5.74, 6) is 0. The predicted molar refractivity (Wildman–Crippen MR) is 73.9 cm³/mol. The Labute approximate surface area is 115 Å². The number of nitrogens with one attached hydrogen (secondary N) is 1. The maximum absolute atomic E-state index is 12.1. The van der Waals surface area contributed by atoms with Crippen LogP contribution in [0.25, 0.3) is 0 Å². The van der Waals surface area contributed by atoms with E-state index in [1.54, 1.807) is 6.07 Å². The summed E-state index contributed by atoms with van der Waals surface area (Å²) in [6, 6.07) is 1.71. The van der Waals surface area contributed by atoms with Crippen LogP contribution in [0, 0.1) is 12.3 Å². The SMILES string of the molecule is Cc1cc(S(=O)(=O)NCC2(C)CCC2)sc1Br. The van der Waals surface area contributed by atoms with Gasteiger partial charge in [0.2, 0.25) is 10.0 Å². The van der Waals surface area contributed by atoms with E-state index in [2.05, 4.69) is 27.6 Å². The number of hydrogen-bond donors (Lipinski definition) is 1. The third-order valence-electron chi connectivity index (χ3n) is 3.35. The van der Waals surface area contributed by atoms with Crippen molar-refractivity contribution in [1.29, 1.82) is 0 Å². The van der Waals surface area contributed by atoms with E-state index < -0.39 is 10.0 Å². The van der Waals surface area contributed by atoms with Crippen molar-refractivity contribution in [3.8, 4) is 0 Å². The van der Waals surface area contributed by atoms with E-state index in [4.69, 9.17) is 0 Å². The van der Waals surface area contributed by atoms with Crippen molar-refractivity contribution in [3.63, 3.8) is 0 Å². The van der Waals surface area contributed by atoms with E-state index in [0.717, 1.165) is 22.2 Å². The van der Waals surface area contributed by atoms with E-state index in [1.165, 1.54) is 17.8 Å². The van der Waals surface area contributed by atoms with Gasteiger partial charge in [-0.3, -0.25) is 0 Å². The minimum Gasteiger partial charge on any atom is -0.210 e. The lowest BCUT2D eigenvalue weighted by Crippen LogP contribution is -2.39. The molecule has 1 fully saturated rings. The molecule has 6 heteroatoms. The molecule has 2 rings (SSSR count). The monoisotopic (exact) mass is 337 g/mol. The lowest BCUT2D eigenvalue weighted by Gasteiger charge is -2.38. The number of hydrogen-bond acceptors (Lipinski definition) is 3. The average molecular weight is 338 g/mol. The first-order chi connectivity index (χ1) is 7.82. The molecule has 1 aromatic heterocycles. The van der Waals surface area contributed by atoms with Crippen molar-refractivity contribution in [2.75, 3.05) is 6.54 Å². The van der Waals surface area contributed by atoms with E-state index >= 15 is 0 Å². The number of rotatable bonds is 4. The predicted octanol–water partition coefficient (Wildman–Crippen LogP) is 3.29. The zero-order chi connectivity index (χ0) is 12.7. The van der Waals surface area contributed by atoms with Crippen molar-refractivity contribution < 1.29 is 8.42 Å². The summed E-state index contributed by atoms with van der Waals surface area (Å²) in [5, 5.41) is 0. The summed E-state index contributed by atoms with van der Waals surface area (Å²) >= 11 is 4.61. The minimum absolute atomic E-state index is 0.163. The zero-order valence-corrected chi connectivity index (χ0v) is 13.1. The van der Waals surface area contributed by atoms with Crippen molar-refractivity contribution in [2.24, 2.45) is 5.41 Å². The fraction of sp³-hybridized carbons (Fsp3) is 0.636. The second-order valence-electron chi connectivity index (χ2n) is 5.01. The van der Waals surface area contributed by atoms with Crippen LogP contribution in [0.1, 0.15) is 31.7 Å². The first-order valence-corrected chi connectivity index (χ1v) is 8.67. The maximum atomic E-state index is 12.1. The average Bonchev–Trinajstić information content (AvgIpc) is 2.54. The molecule has 1 aromatic rings. The highest BCUT2D eigenvalue weighted by Gasteiger charge is 2.33. The highest BCUT2D eigenvalue weighted by Crippen LogP contribution is 2.40. The molecule has 0 spiro atoms. The van der Waals surface area contributed by atoms with Gasteiger partial charge in [-0.05, 0) is 52.7 Å². The Hall–Kier alpha value is 0.0900. The van der Waals surface area contributed by atoms with Gasteiger partial charge in [0.1, 0.15) is 4.21 Å². The Kier molecular flexibility index (Phi) is 3.69. The van der Waals surface area contributed by atoms with Crippen molar-refractivity contribution >= 4 is 37.3 Å². The van der Waals surface area contributed by atoms with Gasteiger partial charge in [-0.25, -0.2) is 13.1 Å². The summed E-state index contributed by atoms with van der Waals surface area (Å²) < 4.78 is 28.1. The van der Waals surface area contributed by atoms with Crippen LogP contribution < -0.4 is 4.72 Å². The zero-order valence-electron chi connectivity index (χ0n) is 9.92. The summed E-state index contributed by atoms with van der Waals surface area (Å²) in [6.45, 7) is 4.57. The number of sulfonamides is 1. The number of halogens is 1. The smallest absolute Gasteiger partial charge is 0.210 e. The molecule has 1 saturated carbocycles. The lowest BCUT2D eigenvalue weighted by molar-refractivity contribution is 0.166. The summed E-state index contributed by atoms with van der Waals surface area (Å²) in [5.41, 5.74) is 1.13. The molecule has 0 aliphatic heterocycles. The highest BCUT2D eigenvalue weighted by atomic mass is 79.9. The first kappa shape index (κ1) is 13.5. The molecule has 0 aromatic carbocycles. The second kappa shape index (κ2) is 4.64. The van der Waals surface area contributed by atoms with Crippen molar-refractivity contribution in [1.82, 2.24) is 4.72 Å². The molecule has 1 N–H and O–H groups in total. The van der Waals surface area contributed by atoms with Crippen LogP contribution >= 0.6 is 27.3 Å². The van der Waals surface area contributed by atoms with Gasteiger partial charge in [0.25, 0.3) is 0 Å². The fourth-order valence-corrected chi connectivity index (χ4v) is 5.33. The second-order valence-corrected chi connectivity index (χ2v) is 9.37. The molecule has 0 saturated heterocycles. The van der Waals surface area contributed by atoms with Crippen LogP contribution in [0.3, 0.4) is 0 Å². The van der Waals surface area contributed by atoms with Crippen LogP contribution in [0.15, 0.2) is 14.1 Å². The van der Waals surface area contributed by atoms with Crippen molar-refractivity contribution in [2.45, 2.75) is 37.3 Å². The summed E-state index contributed by atoms with van der Waals surface area (Å²) in [4.78, 5) is 0. The van der Waals surface area contributed by atoms with Crippen LogP contribution in [0.4, 0.5) is 0 Å². The van der Waals surface area contributed by atoms with Crippen LogP contribution in [0.2, 0.25) is 0 Å². The molecule has 1 aliphatic carbocycles. The molecule has 0 amide bonds. The Morgan fingerprint density at radius 2 is 2.18 bits per heavy atom. The highest BCUT2D eigenvalue weighted by molar-refractivity contribution is 9.11. The van der Waals surface area contributed by atoms with Crippen molar-refractivity contribution in [3.05, 3.63) is 15.4 Å². The van der Waals surface area contributed by atoms with Gasteiger partial charge in [-0.2, -0.15) is 0 Å². The Morgan fingerprint density at radius 1 is 1.53 bits per heavy atom. The molecule has 17 heavy (non-hydrogen) atoms. The molecule has 1 aliphatic rings. The minimum atomic E-state index is -3.33. The third-order valence-corrected chi connectivity index (χ3v) is 7.36. The van der Waals surface area contributed by atoms with Crippen LogP contribution in [-0.2, 0) is 10.0 Å². The third kappa shape index (κ3) is 2.92. The quantitative estimate of drug-likeness (QED) is 0.916. The lowest BCUT2D eigenvalue weighted by atomic mass is 9.71. The normalized spacial score (nSPS) is 19.0. The van der Waals surface area contributed by atoms with Gasteiger partial charge in [0.15, 0.2) is 0 Å². The van der Waals surface area contributed by atoms with E-state index in [9.17, 15) is 8.42 Å². The molecular formula is C11H16BrNO2S2. The standard InChI is InChI=1S/C11H16BrNO2S2/c1-8-6-9(16-10(8)12)17(14,15)13-7-11(2)4-3-5-11/h6,13H,3-5,7H2,1-2H3. The Balaban J connectivity index is 2.08. The summed E-state index contributed by atoms with van der Waals surface area (Å²) in [7, 11) is -3.33. The fourth-order valence-electron chi connectivity index (χ4n) is 1.86. The molecule has 0 radical (unpaired) electrons. The summed E-state index contributed by atoms with van der Waals surface area (Å²) in [6.07, 6.45) is 3.44. The molecule has 3 nitrogen and oxygen atoms in total. The molecule has 0 bridgehead atoms. The number of aryl methyl sites for hydroxylation is 1. The van der Waals surface area contributed by atoms with Gasteiger partial charge in [0, 0.05) is 6.54 Å². The van der Waals surface area contributed by atoms with Gasteiger partial charge in [-0.1, -0.05) is 13.3 Å². The molecule has 1 heterocycles. The van der Waals surface area contributed by atoms with E-state index in [1.807, 2.05) is 6.92 Å². The van der Waals surface area contributed by atoms with Crippen LogP contribution in [0.5, 0.6) is 0 Å². The molecule has 0 atom stereocenters. The Bertz CT molecular complexity index is 498. The van der Waals surface area contributed by atoms with Gasteiger partial charge in [0.05, 0.1) is 3.79 Å². The van der Waals surface area contributed by atoms with Gasteiger partial charge in [-0.15, -0.1) is 11.3 Å².